The Labute approximate surface area is 147 Å². The predicted molar refractivity (Wildman–Crippen MR) is 98.2 cm³/mol. The number of nitrogens with zero attached hydrogens (tertiary/aromatic N) is 5. The van der Waals surface area contributed by atoms with E-state index in [4.69, 9.17) is 5.26 Å². The SMILES string of the molecule is N#Cc1ccc(CN2CCN(c3ccc4ncncc4c3)CC2)cc1. The van der Waals surface area contributed by atoms with E-state index in [1.165, 1.54) is 11.3 Å². The lowest BCUT2D eigenvalue weighted by atomic mass is 10.1. The Morgan fingerprint density at radius 3 is 2.56 bits per heavy atom. The minimum Gasteiger partial charge on any atom is -0.369 e. The number of rotatable bonds is 3. The molecule has 1 fully saturated rings. The molecule has 4 rings (SSSR count). The van der Waals surface area contributed by atoms with E-state index in [0.29, 0.717) is 5.56 Å². The molecule has 5 nitrogen and oxygen atoms in total. The lowest BCUT2D eigenvalue weighted by Gasteiger charge is -2.36. The van der Waals surface area contributed by atoms with Crippen LogP contribution in [0.5, 0.6) is 0 Å². The van der Waals surface area contributed by atoms with Gasteiger partial charge in [-0.2, -0.15) is 5.26 Å². The van der Waals surface area contributed by atoms with Crippen LogP contribution in [0.4, 0.5) is 5.69 Å². The summed E-state index contributed by atoms with van der Waals surface area (Å²) in [7, 11) is 0. The summed E-state index contributed by atoms with van der Waals surface area (Å²) in [5, 5.41) is 9.96. The van der Waals surface area contributed by atoms with E-state index < -0.39 is 0 Å². The third kappa shape index (κ3) is 3.44. The molecule has 0 spiro atoms. The molecule has 0 atom stereocenters. The minimum atomic E-state index is 0.717. The molecule has 25 heavy (non-hydrogen) atoms. The first-order valence-corrected chi connectivity index (χ1v) is 8.48. The molecule has 0 saturated carbocycles. The van der Waals surface area contributed by atoms with Gasteiger partial charge in [0, 0.05) is 50.0 Å². The van der Waals surface area contributed by atoms with Crippen molar-refractivity contribution in [1.82, 2.24) is 14.9 Å². The fraction of sp³-hybridized carbons (Fsp3) is 0.250. The highest BCUT2D eigenvalue weighted by Gasteiger charge is 2.17. The van der Waals surface area contributed by atoms with Crippen molar-refractivity contribution >= 4 is 16.6 Å². The van der Waals surface area contributed by atoms with Crippen molar-refractivity contribution < 1.29 is 0 Å². The van der Waals surface area contributed by atoms with E-state index in [1.54, 1.807) is 6.33 Å². The van der Waals surface area contributed by atoms with Crippen LogP contribution in [0.25, 0.3) is 10.9 Å². The third-order valence-electron chi connectivity index (χ3n) is 4.71. The van der Waals surface area contributed by atoms with Crippen LogP contribution in [0.2, 0.25) is 0 Å². The van der Waals surface area contributed by atoms with Crippen LogP contribution in [-0.4, -0.2) is 41.0 Å². The topological polar surface area (TPSA) is 56.1 Å². The van der Waals surface area contributed by atoms with Gasteiger partial charge in [-0.05, 0) is 35.9 Å². The van der Waals surface area contributed by atoms with Crippen molar-refractivity contribution in [3.63, 3.8) is 0 Å². The highest BCUT2D eigenvalue weighted by molar-refractivity contribution is 5.81. The monoisotopic (exact) mass is 329 g/mol. The van der Waals surface area contributed by atoms with Crippen molar-refractivity contribution in [2.24, 2.45) is 0 Å². The van der Waals surface area contributed by atoms with Gasteiger partial charge < -0.3 is 4.90 Å². The molecule has 2 aromatic carbocycles. The van der Waals surface area contributed by atoms with Gasteiger partial charge in [-0.15, -0.1) is 0 Å². The van der Waals surface area contributed by atoms with E-state index in [2.05, 4.69) is 44.0 Å². The smallest absolute Gasteiger partial charge is 0.116 e. The van der Waals surface area contributed by atoms with Crippen molar-refractivity contribution in [3.05, 3.63) is 66.1 Å². The average molecular weight is 329 g/mol. The summed E-state index contributed by atoms with van der Waals surface area (Å²) < 4.78 is 0. The second-order valence-corrected chi connectivity index (χ2v) is 6.34. The van der Waals surface area contributed by atoms with Gasteiger partial charge in [0.25, 0.3) is 0 Å². The molecule has 0 bridgehead atoms. The zero-order valence-corrected chi connectivity index (χ0v) is 14.0. The highest BCUT2D eigenvalue weighted by atomic mass is 15.3. The maximum atomic E-state index is 8.88. The Hall–Kier alpha value is -2.97. The molecular formula is C20H19N5. The van der Waals surface area contributed by atoms with E-state index in [1.807, 2.05) is 30.5 Å². The van der Waals surface area contributed by atoms with Crippen LogP contribution in [-0.2, 0) is 6.54 Å². The first kappa shape index (κ1) is 15.6. The minimum absolute atomic E-state index is 0.717. The first-order chi connectivity index (χ1) is 12.3. The summed E-state index contributed by atoms with van der Waals surface area (Å²) >= 11 is 0. The summed E-state index contributed by atoms with van der Waals surface area (Å²) in [6, 6.07) is 16.4. The fourth-order valence-corrected chi connectivity index (χ4v) is 3.28. The Morgan fingerprint density at radius 1 is 1.00 bits per heavy atom. The molecule has 0 amide bonds. The van der Waals surface area contributed by atoms with Crippen molar-refractivity contribution in [3.8, 4) is 6.07 Å². The summed E-state index contributed by atoms with van der Waals surface area (Å²) in [5.41, 5.74) is 4.20. The summed E-state index contributed by atoms with van der Waals surface area (Å²) in [6.07, 6.45) is 3.46. The Morgan fingerprint density at radius 2 is 1.80 bits per heavy atom. The number of fused-ring (bicyclic) bond motifs is 1. The Balaban J connectivity index is 1.39. The number of benzene rings is 2. The van der Waals surface area contributed by atoms with Gasteiger partial charge in [0.05, 0.1) is 17.1 Å². The molecule has 124 valence electrons. The van der Waals surface area contributed by atoms with E-state index in [9.17, 15) is 0 Å². The van der Waals surface area contributed by atoms with E-state index in [-0.39, 0.29) is 0 Å². The molecule has 1 aliphatic heterocycles. The van der Waals surface area contributed by atoms with Gasteiger partial charge in [0.1, 0.15) is 6.33 Å². The normalized spacial score (nSPS) is 15.2. The van der Waals surface area contributed by atoms with Gasteiger partial charge in [-0.3, -0.25) is 4.90 Å². The van der Waals surface area contributed by atoms with E-state index in [0.717, 1.165) is 43.6 Å². The Bertz CT molecular complexity index is 905. The zero-order valence-electron chi connectivity index (χ0n) is 14.0. The van der Waals surface area contributed by atoms with E-state index >= 15 is 0 Å². The largest absolute Gasteiger partial charge is 0.369 e. The van der Waals surface area contributed by atoms with Gasteiger partial charge in [-0.1, -0.05) is 12.1 Å². The molecule has 0 N–H and O–H groups in total. The van der Waals surface area contributed by atoms with Crippen LogP contribution in [0, 0.1) is 11.3 Å². The maximum absolute atomic E-state index is 8.88. The summed E-state index contributed by atoms with van der Waals surface area (Å²) in [4.78, 5) is 13.3. The number of hydrogen-bond donors (Lipinski definition) is 0. The molecular weight excluding hydrogens is 310 g/mol. The average Bonchev–Trinajstić information content (AvgIpc) is 2.69. The number of piperazine rings is 1. The predicted octanol–water partition coefficient (Wildman–Crippen LogP) is 2.82. The summed E-state index contributed by atoms with van der Waals surface area (Å²) in [6.45, 7) is 5.02. The molecule has 1 aliphatic rings. The molecule has 0 radical (unpaired) electrons. The quantitative estimate of drug-likeness (QED) is 0.739. The number of hydrogen-bond acceptors (Lipinski definition) is 5. The number of anilines is 1. The van der Waals surface area contributed by atoms with Crippen LogP contribution in [0.1, 0.15) is 11.1 Å². The molecule has 2 heterocycles. The van der Waals surface area contributed by atoms with Gasteiger partial charge in [-0.25, -0.2) is 9.97 Å². The van der Waals surface area contributed by atoms with Gasteiger partial charge in [0.2, 0.25) is 0 Å². The lowest BCUT2D eigenvalue weighted by Crippen LogP contribution is -2.45. The molecule has 3 aromatic rings. The second kappa shape index (κ2) is 6.88. The Kier molecular flexibility index (Phi) is 4.28. The van der Waals surface area contributed by atoms with Gasteiger partial charge >= 0.3 is 0 Å². The fourth-order valence-electron chi connectivity index (χ4n) is 3.28. The van der Waals surface area contributed by atoms with Gasteiger partial charge in [0.15, 0.2) is 0 Å². The molecule has 0 unspecified atom stereocenters. The number of nitriles is 1. The van der Waals surface area contributed by atoms with Crippen molar-refractivity contribution in [2.45, 2.75) is 6.54 Å². The van der Waals surface area contributed by atoms with Crippen molar-refractivity contribution in [2.75, 3.05) is 31.1 Å². The second-order valence-electron chi connectivity index (χ2n) is 6.34. The maximum Gasteiger partial charge on any atom is 0.116 e. The molecule has 0 aliphatic carbocycles. The first-order valence-electron chi connectivity index (χ1n) is 8.48. The highest BCUT2D eigenvalue weighted by Crippen LogP contribution is 2.22. The van der Waals surface area contributed by atoms with Crippen molar-refractivity contribution in [1.29, 1.82) is 5.26 Å². The third-order valence-corrected chi connectivity index (χ3v) is 4.71. The standard InChI is InChI=1S/C20H19N5/c21-12-16-1-3-17(4-2-16)14-24-7-9-25(10-8-24)19-5-6-20-18(11-19)13-22-15-23-20/h1-6,11,13,15H,7-10,14H2. The van der Waals surface area contributed by atoms with Crippen LogP contribution < -0.4 is 4.90 Å². The molecule has 1 saturated heterocycles. The lowest BCUT2D eigenvalue weighted by molar-refractivity contribution is 0.250. The number of aromatic nitrogens is 2. The van der Waals surface area contributed by atoms with Crippen LogP contribution in [0.3, 0.4) is 0 Å². The zero-order chi connectivity index (χ0) is 17.1. The van der Waals surface area contributed by atoms with Crippen LogP contribution in [0.15, 0.2) is 55.0 Å². The van der Waals surface area contributed by atoms with Crippen LogP contribution >= 0.6 is 0 Å². The molecule has 5 heteroatoms. The summed E-state index contributed by atoms with van der Waals surface area (Å²) in [5.74, 6) is 0. The molecule has 1 aromatic heterocycles.